The Balaban J connectivity index is 1.75. The van der Waals surface area contributed by atoms with E-state index in [1.165, 1.54) is 0 Å². The van der Waals surface area contributed by atoms with Crippen LogP contribution in [0.2, 0.25) is 0 Å². The van der Waals surface area contributed by atoms with Gasteiger partial charge in [-0.3, -0.25) is 4.79 Å². The molecule has 0 fully saturated rings. The molecular weight excluding hydrogens is 452 g/mol. The molecule has 1 amide bonds. The molecule has 0 radical (unpaired) electrons. The van der Waals surface area contributed by atoms with Crippen molar-refractivity contribution in [2.24, 2.45) is 0 Å². The quantitative estimate of drug-likeness (QED) is 0.272. The summed E-state index contributed by atoms with van der Waals surface area (Å²) in [5.41, 5.74) is 5.16. The van der Waals surface area contributed by atoms with Crippen LogP contribution >= 0.6 is 0 Å². The molecular formula is C30H32N2O4. The van der Waals surface area contributed by atoms with Crippen LogP contribution in [-0.4, -0.2) is 17.6 Å². The lowest BCUT2D eigenvalue weighted by Gasteiger charge is -2.19. The number of carbonyl (C=O) groups is 1. The Hall–Kier alpha value is -4.06. The van der Waals surface area contributed by atoms with Crippen LogP contribution in [0.4, 0.5) is 0 Å². The summed E-state index contributed by atoms with van der Waals surface area (Å²) in [7, 11) is 0. The lowest BCUT2D eigenvalue weighted by Crippen LogP contribution is -2.22. The number of nitrogens with one attached hydrogen (secondary N) is 1. The number of nitrogens with zero attached hydrogens (tertiary/aromatic N) is 1. The zero-order valence-electron chi connectivity index (χ0n) is 21.2. The Morgan fingerprint density at radius 1 is 0.917 bits per heavy atom. The third-order valence-corrected chi connectivity index (χ3v) is 5.93. The summed E-state index contributed by atoms with van der Waals surface area (Å²) in [5, 5.41) is 7.05. The van der Waals surface area contributed by atoms with E-state index in [2.05, 4.69) is 24.3 Å². The van der Waals surface area contributed by atoms with E-state index in [9.17, 15) is 4.79 Å². The van der Waals surface area contributed by atoms with Crippen LogP contribution in [-0.2, 0) is 13.2 Å². The highest BCUT2D eigenvalue weighted by Crippen LogP contribution is 2.41. The molecule has 0 bridgehead atoms. The number of hydrogen-bond donors (Lipinski definition) is 1. The molecule has 0 atom stereocenters. The van der Waals surface area contributed by atoms with Crippen LogP contribution in [0.15, 0.2) is 77.3 Å². The second-order valence-corrected chi connectivity index (χ2v) is 8.93. The molecule has 1 heterocycles. The molecule has 186 valence electrons. The molecule has 0 saturated carbocycles. The van der Waals surface area contributed by atoms with Crippen LogP contribution in [0.1, 0.15) is 59.5 Å². The van der Waals surface area contributed by atoms with Gasteiger partial charge < -0.3 is 19.3 Å². The van der Waals surface area contributed by atoms with E-state index >= 15 is 0 Å². The van der Waals surface area contributed by atoms with Crippen molar-refractivity contribution in [1.82, 2.24) is 10.5 Å². The monoisotopic (exact) mass is 484 g/mol. The summed E-state index contributed by atoms with van der Waals surface area (Å²) in [6.07, 6.45) is 0. The van der Waals surface area contributed by atoms with Gasteiger partial charge in [-0.05, 0) is 42.5 Å². The van der Waals surface area contributed by atoms with Gasteiger partial charge in [0.1, 0.15) is 30.4 Å². The maximum atomic E-state index is 12.5. The van der Waals surface area contributed by atoms with Crippen molar-refractivity contribution in [3.8, 4) is 22.8 Å². The van der Waals surface area contributed by atoms with Crippen molar-refractivity contribution < 1.29 is 18.8 Å². The summed E-state index contributed by atoms with van der Waals surface area (Å²) in [6, 6.07) is 24.0. The Labute approximate surface area is 212 Å². The van der Waals surface area contributed by atoms with Gasteiger partial charge in [-0.1, -0.05) is 79.7 Å². The molecule has 36 heavy (non-hydrogen) atoms. The summed E-state index contributed by atoms with van der Waals surface area (Å²) < 4.78 is 18.1. The second-order valence-electron chi connectivity index (χ2n) is 8.93. The van der Waals surface area contributed by atoms with E-state index in [4.69, 9.17) is 14.0 Å². The van der Waals surface area contributed by atoms with Gasteiger partial charge in [-0.15, -0.1) is 0 Å². The first kappa shape index (κ1) is 25.0. The Morgan fingerprint density at radius 2 is 1.50 bits per heavy atom. The van der Waals surface area contributed by atoms with Gasteiger partial charge in [0.15, 0.2) is 0 Å². The highest BCUT2D eigenvalue weighted by Gasteiger charge is 2.24. The van der Waals surface area contributed by atoms with Gasteiger partial charge in [-0.2, -0.15) is 0 Å². The predicted octanol–water partition coefficient (Wildman–Crippen LogP) is 6.68. The molecule has 6 nitrogen and oxygen atoms in total. The zero-order chi connectivity index (χ0) is 25.5. The summed E-state index contributed by atoms with van der Waals surface area (Å²) >= 11 is 0. The fourth-order valence-corrected chi connectivity index (χ4v) is 3.97. The Morgan fingerprint density at radius 3 is 2.06 bits per heavy atom. The number of amides is 1. The molecule has 4 aromatic rings. The first-order valence-corrected chi connectivity index (χ1v) is 12.2. The van der Waals surface area contributed by atoms with E-state index in [0.717, 1.165) is 28.0 Å². The standard InChI is InChI=1S/C30H32N2O4/c1-5-31-30(33)29-21(4)28(32-36-29)25-16-24(20(2)3)26(34-18-22-12-8-6-9-13-22)17-27(25)35-19-23-14-10-7-11-15-23/h6-17,20H,5,18-19H2,1-4H3,(H,31,33). The normalized spacial score (nSPS) is 10.9. The fraction of sp³-hybridized carbons (Fsp3) is 0.267. The van der Waals surface area contributed by atoms with Crippen molar-refractivity contribution in [3.63, 3.8) is 0 Å². The van der Waals surface area contributed by atoms with Gasteiger partial charge in [-0.25, -0.2) is 0 Å². The molecule has 3 aromatic carbocycles. The van der Waals surface area contributed by atoms with Gasteiger partial charge in [0.2, 0.25) is 5.76 Å². The van der Waals surface area contributed by atoms with Crippen LogP contribution in [0.25, 0.3) is 11.3 Å². The van der Waals surface area contributed by atoms with Crippen molar-refractivity contribution >= 4 is 5.91 Å². The van der Waals surface area contributed by atoms with Crippen LogP contribution in [0.5, 0.6) is 11.5 Å². The lowest BCUT2D eigenvalue weighted by molar-refractivity contribution is 0.0918. The molecule has 6 heteroatoms. The van der Waals surface area contributed by atoms with E-state index < -0.39 is 0 Å². The number of aromatic nitrogens is 1. The summed E-state index contributed by atoms with van der Waals surface area (Å²) in [4.78, 5) is 12.5. The largest absolute Gasteiger partial charge is 0.488 e. The Bertz CT molecular complexity index is 1300. The molecule has 0 aliphatic heterocycles. The fourth-order valence-electron chi connectivity index (χ4n) is 3.97. The highest BCUT2D eigenvalue weighted by atomic mass is 16.5. The molecule has 0 unspecified atom stereocenters. The number of benzene rings is 3. The lowest BCUT2D eigenvalue weighted by atomic mass is 9.96. The number of rotatable bonds is 10. The maximum absolute atomic E-state index is 12.5. The molecule has 0 saturated heterocycles. The van der Waals surface area contributed by atoms with Crippen LogP contribution in [0, 0.1) is 6.92 Å². The third-order valence-electron chi connectivity index (χ3n) is 5.93. The number of carbonyl (C=O) groups excluding carboxylic acids is 1. The molecule has 0 aliphatic carbocycles. The van der Waals surface area contributed by atoms with Crippen LogP contribution in [0.3, 0.4) is 0 Å². The van der Waals surface area contributed by atoms with E-state index in [-0.39, 0.29) is 17.6 Å². The van der Waals surface area contributed by atoms with Crippen molar-refractivity contribution in [3.05, 3.63) is 101 Å². The molecule has 4 rings (SSSR count). The highest BCUT2D eigenvalue weighted by molar-refractivity contribution is 5.94. The Kier molecular flexibility index (Phi) is 8.06. The zero-order valence-corrected chi connectivity index (χ0v) is 21.2. The van der Waals surface area contributed by atoms with E-state index in [1.54, 1.807) is 0 Å². The maximum Gasteiger partial charge on any atom is 0.290 e. The minimum atomic E-state index is -0.285. The number of hydrogen-bond acceptors (Lipinski definition) is 5. The minimum absolute atomic E-state index is 0.188. The van der Waals surface area contributed by atoms with Gasteiger partial charge in [0.25, 0.3) is 5.91 Å². The van der Waals surface area contributed by atoms with Crippen LogP contribution < -0.4 is 14.8 Å². The SMILES string of the molecule is CCNC(=O)c1onc(-c2cc(C(C)C)c(OCc3ccccc3)cc2OCc2ccccc2)c1C. The van der Waals surface area contributed by atoms with E-state index in [0.29, 0.717) is 36.8 Å². The summed E-state index contributed by atoms with van der Waals surface area (Å²) in [5.74, 6) is 1.48. The van der Waals surface area contributed by atoms with E-state index in [1.807, 2.05) is 86.6 Å². The average molecular weight is 485 g/mol. The molecule has 1 N–H and O–H groups in total. The smallest absolute Gasteiger partial charge is 0.290 e. The summed E-state index contributed by atoms with van der Waals surface area (Å²) in [6.45, 7) is 9.28. The topological polar surface area (TPSA) is 73.6 Å². The molecule has 0 spiro atoms. The first-order chi connectivity index (χ1) is 17.5. The minimum Gasteiger partial charge on any atom is -0.488 e. The van der Waals surface area contributed by atoms with Gasteiger partial charge in [0.05, 0.1) is 0 Å². The number of ether oxygens (including phenoxy) is 2. The first-order valence-electron chi connectivity index (χ1n) is 12.2. The molecule has 0 aliphatic rings. The average Bonchev–Trinajstić information content (AvgIpc) is 3.28. The van der Waals surface area contributed by atoms with Gasteiger partial charge in [0, 0.05) is 23.7 Å². The second kappa shape index (κ2) is 11.6. The third kappa shape index (κ3) is 5.77. The van der Waals surface area contributed by atoms with Crippen molar-refractivity contribution in [1.29, 1.82) is 0 Å². The van der Waals surface area contributed by atoms with Crippen molar-refractivity contribution in [2.75, 3.05) is 6.54 Å². The molecule has 1 aromatic heterocycles. The predicted molar refractivity (Wildman–Crippen MR) is 140 cm³/mol. The van der Waals surface area contributed by atoms with Gasteiger partial charge >= 0.3 is 0 Å². The van der Waals surface area contributed by atoms with Crippen molar-refractivity contribution in [2.45, 2.75) is 46.8 Å².